The zero-order valence-electron chi connectivity index (χ0n) is 14.4. The van der Waals surface area contributed by atoms with Crippen molar-refractivity contribution in [1.29, 1.82) is 0 Å². The predicted molar refractivity (Wildman–Crippen MR) is 100 cm³/mol. The number of hydrogen-bond acceptors (Lipinski definition) is 4. The molecule has 7 heteroatoms. The van der Waals surface area contributed by atoms with Gasteiger partial charge in [0.15, 0.2) is 0 Å². The minimum Gasteiger partial charge on any atom is -0.324 e. The number of halogens is 1. The van der Waals surface area contributed by atoms with E-state index in [0.29, 0.717) is 22.0 Å². The predicted octanol–water partition coefficient (Wildman–Crippen LogP) is 2.28. The van der Waals surface area contributed by atoms with Gasteiger partial charge in [0, 0.05) is 17.3 Å². The smallest absolute Gasteiger partial charge is 0.250 e. The van der Waals surface area contributed by atoms with Gasteiger partial charge in [0.25, 0.3) is 0 Å². The van der Waals surface area contributed by atoms with Crippen LogP contribution in [0.15, 0.2) is 48.5 Å². The molecule has 0 aromatic heterocycles. The van der Waals surface area contributed by atoms with E-state index in [1.807, 2.05) is 25.1 Å². The number of fused-ring (bicyclic) bond motifs is 4. The van der Waals surface area contributed by atoms with E-state index in [-0.39, 0.29) is 17.9 Å². The highest BCUT2D eigenvalue weighted by atomic mass is 35.5. The summed E-state index contributed by atoms with van der Waals surface area (Å²) >= 11 is 6.25. The molecule has 1 spiro atoms. The summed E-state index contributed by atoms with van der Waals surface area (Å²) in [5, 5.41) is 6.45. The molecule has 0 saturated carbocycles. The summed E-state index contributed by atoms with van der Waals surface area (Å²) in [4.78, 5) is 40.8. The Morgan fingerprint density at radius 1 is 1.00 bits per heavy atom. The average Bonchev–Trinajstić information content (AvgIpc) is 3.21. The zero-order chi connectivity index (χ0) is 18.9. The summed E-state index contributed by atoms with van der Waals surface area (Å²) in [6.07, 6.45) is 0. The van der Waals surface area contributed by atoms with Gasteiger partial charge in [-0.25, -0.2) is 4.90 Å². The van der Waals surface area contributed by atoms with Crippen LogP contribution in [0.3, 0.4) is 0 Å². The Bertz CT molecular complexity index is 1020. The van der Waals surface area contributed by atoms with Crippen LogP contribution in [-0.2, 0) is 19.9 Å². The third-order valence-corrected chi connectivity index (χ3v) is 6.18. The van der Waals surface area contributed by atoms with E-state index in [2.05, 4.69) is 10.6 Å². The molecule has 6 nitrogen and oxygen atoms in total. The second kappa shape index (κ2) is 5.41. The number of carbonyl (C=O) groups excluding carboxylic acids is 3. The fourth-order valence-corrected chi connectivity index (χ4v) is 5.01. The molecule has 0 aliphatic carbocycles. The van der Waals surface area contributed by atoms with E-state index in [9.17, 15) is 14.4 Å². The molecule has 2 fully saturated rings. The number of anilines is 2. The second-order valence-corrected chi connectivity index (χ2v) is 7.61. The van der Waals surface area contributed by atoms with Crippen LogP contribution in [-0.4, -0.2) is 23.8 Å². The summed E-state index contributed by atoms with van der Waals surface area (Å²) < 4.78 is 0. The van der Waals surface area contributed by atoms with Gasteiger partial charge < -0.3 is 5.32 Å². The van der Waals surface area contributed by atoms with Gasteiger partial charge in [-0.3, -0.25) is 19.7 Å². The molecule has 2 N–H and O–H groups in total. The topological polar surface area (TPSA) is 78.5 Å². The monoisotopic (exact) mass is 381 g/mol. The molecule has 0 radical (unpaired) electrons. The lowest BCUT2D eigenvalue weighted by atomic mass is 9.76. The molecular formula is C20H16ClN3O3. The van der Waals surface area contributed by atoms with Crippen LogP contribution < -0.4 is 15.5 Å². The van der Waals surface area contributed by atoms with Crippen molar-refractivity contribution in [2.45, 2.75) is 18.5 Å². The molecule has 2 saturated heterocycles. The summed E-state index contributed by atoms with van der Waals surface area (Å²) in [7, 11) is 0. The summed E-state index contributed by atoms with van der Waals surface area (Å²) in [5.74, 6) is -2.48. The van der Waals surface area contributed by atoms with E-state index in [1.54, 1.807) is 30.3 Å². The Morgan fingerprint density at radius 3 is 2.48 bits per heavy atom. The molecule has 136 valence electrons. The third kappa shape index (κ3) is 1.91. The Kier molecular flexibility index (Phi) is 3.30. The highest BCUT2D eigenvalue weighted by molar-refractivity contribution is 6.36. The van der Waals surface area contributed by atoms with Crippen LogP contribution in [0, 0.1) is 11.8 Å². The lowest BCUT2D eigenvalue weighted by Gasteiger charge is -2.29. The highest BCUT2D eigenvalue weighted by Crippen LogP contribution is 2.53. The minimum atomic E-state index is -1.25. The first-order chi connectivity index (χ1) is 13.0. The van der Waals surface area contributed by atoms with Crippen molar-refractivity contribution >= 4 is 40.7 Å². The van der Waals surface area contributed by atoms with Crippen LogP contribution in [0.25, 0.3) is 0 Å². The van der Waals surface area contributed by atoms with Gasteiger partial charge in [-0.05, 0) is 25.1 Å². The molecular weight excluding hydrogens is 366 g/mol. The van der Waals surface area contributed by atoms with Gasteiger partial charge in [-0.2, -0.15) is 0 Å². The molecule has 3 amide bonds. The van der Waals surface area contributed by atoms with E-state index >= 15 is 0 Å². The molecule has 27 heavy (non-hydrogen) atoms. The van der Waals surface area contributed by atoms with Crippen LogP contribution in [0.1, 0.15) is 12.5 Å². The minimum absolute atomic E-state index is 0.301. The number of carbonyl (C=O) groups is 3. The number of imide groups is 1. The van der Waals surface area contributed by atoms with Gasteiger partial charge in [0.2, 0.25) is 17.7 Å². The normalized spacial score (nSPS) is 31.4. The van der Waals surface area contributed by atoms with Crippen molar-refractivity contribution in [3.8, 4) is 0 Å². The summed E-state index contributed by atoms with van der Waals surface area (Å²) in [6.45, 7) is 1.84. The maximum absolute atomic E-state index is 13.4. The Labute approximate surface area is 160 Å². The largest absolute Gasteiger partial charge is 0.324 e. The van der Waals surface area contributed by atoms with Crippen LogP contribution in [0.5, 0.6) is 0 Å². The number of benzene rings is 2. The lowest BCUT2D eigenvalue weighted by molar-refractivity contribution is -0.130. The van der Waals surface area contributed by atoms with Crippen molar-refractivity contribution in [1.82, 2.24) is 5.32 Å². The van der Waals surface area contributed by atoms with Gasteiger partial charge in [-0.1, -0.05) is 41.9 Å². The Balaban J connectivity index is 1.69. The standard InChI is InChI=1S/C20H16ClN3O3/c1-10-15-16(18(26)24(17(15)25)14-9-5-3-7-12(14)21)20(23-10)11-6-2-4-8-13(11)22-19(20)27/h2-10,15-16,23H,1H3,(H,22,27)/t10-,15+,16-,20-/m0/s1. The molecule has 0 bridgehead atoms. The second-order valence-electron chi connectivity index (χ2n) is 7.21. The van der Waals surface area contributed by atoms with Gasteiger partial charge >= 0.3 is 0 Å². The summed E-state index contributed by atoms with van der Waals surface area (Å²) in [5.41, 5.74) is 0.483. The lowest BCUT2D eigenvalue weighted by Crippen LogP contribution is -2.53. The van der Waals surface area contributed by atoms with Crippen LogP contribution in [0.4, 0.5) is 11.4 Å². The molecule has 3 aliphatic rings. The van der Waals surface area contributed by atoms with E-state index < -0.39 is 23.3 Å². The van der Waals surface area contributed by atoms with Crippen molar-refractivity contribution in [3.05, 3.63) is 59.1 Å². The van der Waals surface area contributed by atoms with Crippen molar-refractivity contribution in [2.75, 3.05) is 10.2 Å². The first-order valence-corrected chi connectivity index (χ1v) is 9.15. The number of nitrogens with one attached hydrogen (secondary N) is 2. The molecule has 5 rings (SSSR count). The molecule has 4 atom stereocenters. The summed E-state index contributed by atoms with van der Waals surface area (Å²) in [6, 6.07) is 13.7. The van der Waals surface area contributed by atoms with Crippen molar-refractivity contribution < 1.29 is 14.4 Å². The SMILES string of the molecule is C[C@@H]1N[C@]2(C(=O)Nc3ccccc32)[C@@H]2C(=O)N(c3ccccc3Cl)C(=O)[C@H]12. The fourth-order valence-electron chi connectivity index (χ4n) is 4.79. The number of hydrogen-bond donors (Lipinski definition) is 2. The molecule has 0 unspecified atom stereocenters. The molecule has 3 heterocycles. The maximum Gasteiger partial charge on any atom is 0.250 e. The first kappa shape index (κ1) is 16.5. The van der Waals surface area contributed by atoms with Gasteiger partial charge in [0.1, 0.15) is 5.54 Å². The van der Waals surface area contributed by atoms with Gasteiger partial charge in [-0.15, -0.1) is 0 Å². The molecule has 2 aromatic carbocycles. The first-order valence-electron chi connectivity index (χ1n) is 8.78. The van der Waals surface area contributed by atoms with Crippen LogP contribution >= 0.6 is 11.6 Å². The fraction of sp³-hybridized carbons (Fsp3) is 0.250. The third-order valence-electron chi connectivity index (χ3n) is 5.86. The average molecular weight is 382 g/mol. The maximum atomic E-state index is 13.4. The highest BCUT2D eigenvalue weighted by Gasteiger charge is 2.69. The van der Waals surface area contributed by atoms with Crippen LogP contribution in [0.2, 0.25) is 5.02 Å². The Morgan fingerprint density at radius 2 is 1.70 bits per heavy atom. The number of nitrogens with zero attached hydrogens (tertiary/aromatic N) is 1. The Hall–Kier alpha value is -2.70. The van der Waals surface area contributed by atoms with Crippen molar-refractivity contribution in [2.24, 2.45) is 11.8 Å². The molecule has 2 aromatic rings. The van der Waals surface area contributed by atoms with E-state index in [1.165, 1.54) is 0 Å². The van der Waals surface area contributed by atoms with E-state index in [0.717, 1.165) is 4.90 Å². The zero-order valence-corrected chi connectivity index (χ0v) is 15.2. The number of amides is 3. The number of para-hydroxylation sites is 2. The quantitative estimate of drug-likeness (QED) is 0.743. The van der Waals surface area contributed by atoms with Crippen molar-refractivity contribution in [3.63, 3.8) is 0 Å². The molecule has 3 aliphatic heterocycles. The van der Waals surface area contributed by atoms with E-state index in [4.69, 9.17) is 11.6 Å². The number of rotatable bonds is 1. The van der Waals surface area contributed by atoms with Gasteiger partial charge in [0.05, 0.1) is 22.5 Å².